The molecule has 0 aromatic heterocycles. The average Bonchev–Trinajstić information content (AvgIpc) is 2.80. The molecule has 4 rings (SSSR count). The molecule has 1 aliphatic rings. The molecule has 3 aromatic rings. The Morgan fingerprint density at radius 3 is 2.44 bits per heavy atom. The third-order valence-corrected chi connectivity index (χ3v) is 5.22. The molecule has 7 nitrogen and oxygen atoms in total. The van der Waals surface area contributed by atoms with Crippen molar-refractivity contribution >= 4 is 29.0 Å². The van der Waals surface area contributed by atoms with Crippen molar-refractivity contribution in [2.75, 3.05) is 30.0 Å². The second kappa shape index (κ2) is 9.74. The first-order valence-electron chi connectivity index (χ1n) is 10.7. The summed E-state index contributed by atoms with van der Waals surface area (Å²) in [6.07, 6.45) is 0. The summed E-state index contributed by atoms with van der Waals surface area (Å²) in [7, 11) is 0. The Morgan fingerprint density at radius 1 is 1.03 bits per heavy atom. The number of halogens is 1. The summed E-state index contributed by atoms with van der Waals surface area (Å²) in [5.74, 6) is -0.604. The highest BCUT2D eigenvalue weighted by molar-refractivity contribution is 6.06. The molecule has 2 amide bonds. The minimum Gasteiger partial charge on any atom is -0.485 e. The van der Waals surface area contributed by atoms with Gasteiger partial charge in [0.25, 0.3) is 5.91 Å². The molecular formula is C26H23FN2O5. The lowest BCUT2D eigenvalue weighted by molar-refractivity contribution is -0.123. The van der Waals surface area contributed by atoms with Gasteiger partial charge in [0.1, 0.15) is 23.9 Å². The Morgan fingerprint density at radius 2 is 1.74 bits per heavy atom. The van der Waals surface area contributed by atoms with E-state index in [4.69, 9.17) is 9.47 Å². The number of rotatable bonds is 7. The van der Waals surface area contributed by atoms with Crippen LogP contribution in [0.15, 0.2) is 60.7 Å². The van der Waals surface area contributed by atoms with Gasteiger partial charge in [0.2, 0.25) is 5.91 Å². The van der Waals surface area contributed by atoms with Crippen molar-refractivity contribution in [2.45, 2.75) is 13.8 Å². The molecule has 1 N–H and O–H groups in total. The molecule has 0 radical (unpaired) electrons. The van der Waals surface area contributed by atoms with Crippen LogP contribution in [0.4, 0.5) is 15.8 Å². The van der Waals surface area contributed by atoms with Crippen LogP contribution in [0.3, 0.4) is 0 Å². The van der Waals surface area contributed by atoms with Crippen molar-refractivity contribution in [1.82, 2.24) is 0 Å². The van der Waals surface area contributed by atoms with Crippen LogP contribution >= 0.6 is 0 Å². The molecule has 0 saturated heterocycles. The highest BCUT2D eigenvalue weighted by Gasteiger charge is 2.28. The quantitative estimate of drug-likeness (QED) is 0.535. The summed E-state index contributed by atoms with van der Waals surface area (Å²) >= 11 is 0. The Balaban J connectivity index is 1.48. The van der Waals surface area contributed by atoms with E-state index in [9.17, 15) is 18.8 Å². The molecule has 0 fully saturated rings. The van der Waals surface area contributed by atoms with Crippen LogP contribution in [0.1, 0.15) is 21.5 Å². The van der Waals surface area contributed by atoms with Gasteiger partial charge < -0.3 is 14.8 Å². The smallest absolute Gasteiger partial charge is 0.265 e. The van der Waals surface area contributed by atoms with E-state index in [0.717, 1.165) is 11.1 Å². The number of fused-ring (bicyclic) bond motifs is 1. The van der Waals surface area contributed by atoms with E-state index in [0.29, 0.717) is 28.4 Å². The normalized spacial score (nSPS) is 12.6. The number of nitrogens with one attached hydrogen (secondary N) is 1. The number of nitrogens with zero attached hydrogens (tertiary/aromatic N) is 1. The number of aryl methyl sites for hydroxylation is 2. The summed E-state index contributed by atoms with van der Waals surface area (Å²) in [6, 6.07) is 15.7. The second-order valence-electron chi connectivity index (χ2n) is 8.04. The molecule has 174 valence electrons. The van der Waals surface area contributed by atoms with E-state index in [-0.39, 0.29) is 25.5 Å². The zero-order chi connectivity index (χ0) is 24.2. The number of hydrogen-bond acceptors (Lipinski definition) is 5. The topological polar surface area (TPSA) is 84.9 Å². The fraction of sp³-hybridized carbons (Fsp3) is 0.192. The van der Waals surface area contributed by atoms with Crippen LogP contribution in [0.2, 0.25) is 0 Å². The molecule has 1 aliphatic heterocycles. The predicted molar refractivity (Wildman–Crippen MR) is 125 cm³/mol. The zero-order valence-electron chi connectivity index (χ0n) is 18.8. The van der Waals surface area contributed by atoms with Gasteiger partial charge >= 0.3 is 0 Å². The van der Waals surface area contributed by atoms with Crippen LogP contribution in [0, 0.1) is 19.7 Å². The lowest BCUT2D eigenvalue weighted by Crippen LogP contribution is -2.43. The molecule has 8 heteroatoms. The molecule has 0 spiro atoms. The van der Waals surface area contributed by atoms with Gasteiger partial charge in [-0.25, -0.2) is 4.39 Å². The predicted octanol–water partition coefficient (Wildman–Crippen LogP) is 4.07. The van der Waals surface area contributed by atoms with Gasteiger partial charge in [0.05, 0.1) is 5.69 Å². The summed E-state index contributed by atoms with van der Waals surface area (Å²) in [6.45, 7) is 3.21. The fourth-order valence-corrected chi connectivity index (χ4v) is 3.67. The molecule has 0 unspecified atom stereocenters. The lowest BCUT2D eigenvalue weighted by Gasteiger charge is -2.29. The highest BCUT2D eigenvalue weighted by atomic mass is 19.1. The third kappa shape index (κ3) is 5.40. The standard InChI is InChI=1S/C26H23FN2O5/c1-16-9-17(2)11-21(10-16)33-14-23(30)18-3-8-24-22(12-18)29(26(32)15-34-24)13-25(31)28-20-6-4-19(27)5-7-20/h3-12H,13-15H2,1-2H3,(H,28,31). The highest BCUT2D eigenvalue weighted by Crippen LogP contribution is 2.33. The first kappa shape index (κ1) is 23.0. The molecule has 1 heterocycles. The van der Waals surface area contributed by atoms with Gasteiger partial charge in [0, 0.05) is 11.3 Å². The van der Waals surface area contributed by atoms with Crippen molar-refractivity contribution in [1.29, 1.82) is 0 Å². The van der Waals surface area contributed by atoms with E-state index in [1.54, 1.807) is 12.1 Å². The molecule has 0 bridgehead atoms. The molecule has 34 heavy (non-hydrogen) atoms. The van der Waals surface area contributed by atoms with Crippen molar-refractivity contribution in [3.63, 3.8) is 0 Å². The second-order valence-corrected chi connectivity index (χ2v) is 8.04. The van der Waals surface area contributed by atoms with Crippen LogP contribution in [-0.4, -0.2) is 37.4 Å². The average molecular weight is 462 g/mol. The first-order chi connectivity index (χ1) is 16.3. The Kier molecular flexibility index (Phi) is 6.58. The summed E-state index contributed by atoms with van der Waals surface area (Å²) in [5.41, 5.74) is 3.11. The summed E-state index contributed by atoms with van der Waals surface area (Å²) in [5, 5.41) is 2.63. The Hall–Kier alpha value is -4.20. The van der Waals surface area contributed by atoms with Gasteiger partial charge in [0.15, 0.2) is 19.0 Å². The van der Waals surface area contributed by atoms with Crippen LogP contribution in [0.25, 0.3) is 0 Å². The number of carbonyl (C=O) groups excluding carboxylic acids is 3. The monoisotopic (exact) mass is 462 g/mol. The maximum atomic E-state index is 13.1. The van der Waals surface area contributed by atoms with E-state index < -0.39 is 17.6 Å². The van der Waals surface area contributed by atoms with Crippen molar-refractivity contribution < 1.29 is 28.2 Å². The van der Waals surface area contributed by atoms with Gasteiger partial charge in [-0.1, -0.05) is 6.07 Å². The van der Waals surface area contributed by atoms with Crippen molar-refractivity contribution in [3.8, 4) is 11.5 Å². The van der Waals surface area contributed by atoms with Gasteiger partial charge in [-0.05, 0) is 79.6 Å². The van der Waals surface area contributed by atoms with E-state index in [1.165, 1.54) is 35.2 Å². The molecule has 3 aromatic carbocycles. The number of Topliss-reactive ketones (excluding diaryl/α,β-unsaturated/α-hetero) is 1. The van der Waals surface area contributed by atoms with Gasteiger partial charge in [-0.15, -0.1) is 0 Å². The fourth-order valence-electron chi connectivity index (χ4n) is 3.67. The van der Waals surface area contributed by atoms with Crippen LogP contribution in [0.5, 0.6) is 11.5 Å². The van der Waals surface area contributed by atoms with Gasteiger partial charge in [-0.2, -0.15) is 0 Å². The van der Waals surface area contributed by atoms with E-state index in [1.807, 2.05) is 32.0 Å². The van der Waals surface area contributed by atoms with E-state index in [2.05, 4.69) is 5.32 Å². The summed E-state index contributed by atoms with van der Waals surface area (Å²) in [4.78, 5) is 39.1. The third-order valence-electron chi connectivity index (χ3n) is 5.22. The molecular weight excluding hydrogens is 439 g/mol. The zero-order valence-corrected chi connectivity index (χ0v) is 18.8. The molecule has 0 aliphatic carbocycles. The number of anilines is 2. The minimum atomic E-state index is -0.470. The molecule has 0 saturated carbocycles. The number of hydrogen-bond donors (Lipinski definition) is 1. The number of benzene rings is 3. The number of ether oxygens (including phenoxy) is 2. The van der Waals surface area contributed by atoms with Crippen molar-refractivity contribution in [2.24, 2.45) is 0 Å². The Labute approximate surface area is 196 Å². The van der Waals surface area contributed by atoms with Crippen molar-refractivity contribution in [3.05, 3.63) is 83.2 Å². The van der Waals surface area contributed by atoms with Gasteiger partial charge in [-0.3, -0.25) is 19.3 Å². The minimum absolute atomic E-state index is 0.179. The SMILES string of the molecule is Cc1cc(C)cc(OCC(=O)c2ccc3c(c2)N(CC(=O)Nc2ccc(F)cc2)C(=O)CO3)c1. The first-order valence-corrected chi connectivity index (χ1v) is 10.7. The number of ketones is 1. The number of carbonyl (C=O) groups is 3. The Bertz CT molecular complexity index is 1240. The number of amides is 2. The largest absolute Gasteiger partial charge is 0.485 e. The summed E-state index contributed by atoms with van der Waals surface area (Å²) < 4.78 is 24.2. The van der Waals surface area contributed by atoms with Crippen LogP contribution in [-0.2, 0) is 9.59 Å². The van der Waals surface area contributed by atoms with Crippen LogP contribution < -0.4 is 19.7 Å². The lowest BCUT2D eigenvalue weighted by atomic mass is 10.1. The molecule has 0 atom stereocenters. The maximum absolute atomic E-state index is 13.1. The van der Waals surface area contributed by atoms with E-state index >= 15 is 0 Å². The maximum Gasteiger partial charge on any atom is 0.265 e.